The molecule has 22 heavy (non-hydrogen) atoms. The van der Waals surface area contributed by atoms with Gasteiger partial charge < -0.3 is 0 Å². The van der Waals surface area contributed by atoms with Crippen molar-refractivity contribution in [3.63, 3.8) is 0 Å². The average Bonchev–Trinajstić information content (AvgIpc) is 2.70. The zero-order chi connectivity index (χ0) is 16.3. The molecular formula is C20H24BBr. The van der Waals surface area contributed by atoms with Crippen molar-refractivity contribution in [2.75, 3.05) is 0 Å². The lowest BCUT2D eigenvalue weighted by atomic mass is 9.65. The number of fused-ring (bicyclic) bond motifs is 3. The Kier molecular flexibility index (Phi) is 3.60. The third kappa shape index (κ3) is 2.56. The molecule has 114 valence electrons. The zero-order valence-electron chi connectivity index (χ0n) is 14.4. The fraction of sp³-hybridized carbons (Fsp3) is 0.400. The molecule has 0 unspecified atom stereocenters. The summed E-state index contributed by atoms with van der Waals surface area (Å²) in [4.78, 5) is 0. The van der Waals surface area contributed by atoms with Gasteiger partial charge in [0.1, 0.15) is 0 Å². The largest absolute Gasteiger partial charge is 0.288 e. The zero-order valence-corrected chi connectivity index (χ0v) is 16.0. The van der Waals surface area contributed by atoms with Gasteiger partial charge in [0.25, 0.3) is 5.54 Å². The molecule has 2 heteroatoms. The van der Waals surface area contributed by atoms with Crippen molar-refractivity contribution in [3.8, 4) is 11.1 Å². The van der Waals surface area contributed by atoms with Gasteiger partial charge in [-0.15, -0.1) is 15.8 Å². The Morgan fingerprint density at radius 2 is 1.05 bits per heavy atom. The maximum atomic E-state index is 3.94. The Balaban J connectivity index is 2.13. The molecule has 0 radical (unpaired) electrons. The van der Waals surface area contributed by atoms with Crippen LogP contribution in [0.5, 0.6) is 0 Å². The van der Waals surface area contributed by atoms with Gasteiger partial charge in [-0.3, -0.25) is 0 Å². The fourth-order valence-corrected chi connectivity index (χ4v) is 3.89. The molecule has 0 spiro atoms. The SMILES string of the molecule is CC(C)(C)c1ccc2c(c1)B(Br)c1cc(C(C)(C)C)ccc1-2. The van der Waals surface area contributed by atoms with Gasteiger partial charge in [-0.2, -0.15) is 0 Å². The van der Waals surface area contributed by atoms with Crippen LogP contribution in [0.2, 0.25) is 0 Å². The second-order valence-corrected chi connectivity index (χ2v) is 9.38. The summed E-state index contributed by atoms with van der Waals surface area (Å²) in [6.07, 6.45) is 0. The summed E-state index contributed by atoms with van der Waals surface area (Å²) in [6, 6.07) is 13.9. The van der Waals surface area contributed by atoms with Crippen LogP contribution in [-0.2, 0) is 10.8 Å². The second-order valence-electron chi connectivity index (χ2n) is 8.47. The smallest absolute Gasteiger partial charge is 0.143 e. The molecule has 0 amide bonds. The van der Waals surface area contributed by atoms with E-state index in [1.54, 1.807) is 0 Å². The normalized spacial score (nSPS) is 14.0. The number of benzene rings is 2. The number of rotatable bonds is 0. The third-order valence-electron chi connectivity index (χ3n) is 4.67. The lowest BCUT2D eigenvalue weighted by molar-refractivity contribution is 0.590. The van der Waals surface area contributed by atoms with Crippen molar-refractivity contribution >= 4 is 32.2 Å². The number of hydrogen-bond acceptors (Lipinski definition) is 0. The topological polar surface area (TPSA) is 0 Å². The summed E-state index contributed by atoms with van der Waals surface area (Å²) in [7, 11) is 0. The molecule has 1 aliphatic heterocycles. The first-order valence-corrected chi connectivity index (χ1v) is 8.94. The van der Waals surface area contributed by atoms with E-state index in [9.17, 15) is 0 Å². The molecule has 0 saturated heterocycles. The van der Waals surface area contributed by atoms with Crippen LogP contribution in [0.1, 0.15) is 52.7 Å². The second kappa shape index (κ2) is 4.99. The van der Waals surface area contributed by atoms with Crippen molar-refractivity contribution in [1.29, 1.82) is 0 Å². The van der Waals surface area contributed by atoms with Crippen LogP contribution in [0.3, 0.4) is 0 Å². The van der Waals surface area contributed by atoms with Crippen LogP contribution in [0.25, 0.3) is 11.1 Å². The molecule has 0 aliphatic carbocycles. The molecule has 0 saturated carbocycles. The summed E-state index contributed by atoms with van der Waals surface area (Å²) in [6.45, 7) is 13.7. The summed E-state index contributed by atoms with van der Waals surface area (Å²) in [5.41, 5.74) is 9.07. The molecule has 1 aliphatic rings. The fourth-order valence-electron chi connectivity index (χ4n) is 3.14. The minimum absolute atomic E-state index is 0.188. The average molecular weight is 355 g/mol. The van der Waals surface area contributed by atoms with E-state index >= 15 is 0 Å². The maximum absolute atomic E-state index is 3.94. The highest BCUT2D eigenvalue weighted by atomic mass is 79.9. The van der Waals surface area contributed by atoms with E-state index in [0.29, 0.717) is 5.54 Å². The van der Waals surface area contributed by atoms with E-state index in [2.05, 4.69) is 93.7 Å². The Morgan fingerprint density at radius 3 is 1.36 bits per heavy atom. The Hall–Kier alpha value is -1.02. The number of hydrogen-bond donors (Lipinski definition) is 0. The van der Waals surface area contributed by atoms with Gasteiger partial charge in [0.2, 0.25) is 0 Å². The van der Waals surface area contributed by atoms with Gasteiger partial charge >= 0.3 is 0 Å². The van der Waals surface area contributed by atoms with Crippen LogP contribution in [0, 0.1) is 0 Å². The lowest BCUT2D eigenvalue weighted by Gasteiger charge is -2.20. The predicted molar refractivity (Wildman–Crippen MR) is 103 cm³/mol. The molecule has 0 fully saturated rings. The highest BCUT2D eigenvalue weighted by Gasteiger charge is 2.32. The molecule has 0 atom stereocenters. The highest BCUT2D eigenvalue weighted by Crippen LogP contribution is 2.31. The van der Waals surface area contributed by atoms with E-state index in [4.69, 9.17) is 0 Å². The first kappa shape index (κ1) is 15.9. The van der Waals surface area contributed by atoms with Gasteiger partial charge in [-0.1, -0.05) is 88.9 Å². The first-order valence-electron chi connectivity index (χ1n) is 8.02. The molecular weight excluding hydrogens is 331 g/mol. The third-order valence-corrected chi connectivity index (χ3v) is 5.66. The highest BCUT2D eigenvalue weighted by molar-refractivity contribution is 9.25. The summed E-state index contributed by atoms with van der Waals surface area (Å²) < 4.78 is 0. The van der Waals surface area contributed by atoms with E-state index in [0.717, 1.165) is 0 Å². The molecule has 0 nitrogen and oxygen atoms in total. The lowest BCUT2D eigenvalue weighted by Crippen LogP contribution is -2.33. The minimum Gasteiger partial charge on any atom is -0.143 e. The minimum atomic E-state index is 0.188. The Labute approximate surface area is 143 Å². The standard InChI is InChI=1S/C20H24BBr/c1-19(2,3)13-7-9-15-16-10-8-14(20(4,5)6)12-18(16)21(22)17(15)11-13/h7-12H,1-6H3. The van der Waals surface area contributed by atoms with Crippen molar-refractivity contribution in [3.05, 3.63) is 47.5 Å². The first-order chi connectivity index (χ1) is 10.1. The van der Waals surface area contributed by atoms with E-state index in [1.165, 1.54) is 33.2 Å². The number of halogens is 1. The van der Waals surface area contributed by atoms with Crippen molar-refractivity contribution in [1.82, 2.24) is 0 Å². The predicted octanol–water partition coefficient (Wildman–Crippen LogP) is 4.76. The van der Waals surface area contributed by atoms with Crippen molar-refractivity contribution in [2.24, 2.45) is 0 Å². The van der Waals surface area contributed by atoms with Gasteiger partial charge in [0.15, 0.2) is 0 Å². The monoisotopic (exact) mass is 354 g/mol. The summed E-state index contributed by atoms with van der Waals surface area (Å²) in [5.74, 6) is 0. The van der Waals surface area contributed by atoms with Gasteiger partial charge in [0, 0.05) is 0 Å². The molecule has 2 aromatic rings. The van der Waals surface area contributed by atoms with Gasteiger partial charge in [-0.25, -0.2) is 0 Å². The Bertz CT molecular complexity index is 669. The molecule has 0 bridgehead atoms. The quantitative estimate of drug-likeness (QED) is 0.598. The molecule has 0 aromatic heterocycles. The van der Waals surface area contributed by atoms with Gasteiger partial charge in [0.05, 0.1) is 0 Å². The van der Waals surface area contributed by atoms with Crippen LogP contribution in [0.15, 0.2) is 36.4 Å². The molecule has 0 N–H and O–H groups in total. The van der Waals surface area contributed by atoms with E-state index < -0.39 is 0 Å². The molecule has 2 aromatic carbocycles. The maximum Gasteiger partial charge on any atom is 0.288 e. The van der Waals surface area contributed by atoms with E-state index in [1.807, 2.05) is 0 Å². The van der Waals surface area contributed by atoms with Crippen molar-refractivity contribution in [2.45, 2.75) is 52.4 Å². The van der Waals surface area contributed by atoms with Crippen LogP contribution in [0.4, 0.5) is 0 Å². The van der Waals surface area contributed by atoms with Crippen LogP contribution >= 0.6 is 15.8 Å². The molecule has 1 heterocycles. The van der Waals surface area contributed by atoms with Crippen molar-refractivity contribution < 1.29 is 0 Å². The van der Waals surface area contributed by atoms with Gasteiger partial charge in [-0.05, 0) is 33.1 Å². The Morgan fingerprint density at radius 1 is 0.682 bits per heavy atom. The van der Waals surface area contributed by atoms with E-state index in [-0.39, 0.29) is 10.8 Å². The van der Waals surface area contributed by atoms with Crippen LogP contribution < -0.4 is 10.9 Å². The van der Waals surface area contributed by atoms with Crippen LogP contribution in [-0.4, -0.2) is 5.54 Å². The summed E-state index contributed by atoms with van der Waals surface area (Å²) in [5, 5.41) is 0. The molecule has 3 rings (SSSR count). The summed E-state index contributed by atoms with van der Waals surface area (Å²) >= 11 is 3.94.